The van der Waals surface area contributed by atoms with Crippen molar-refractivity contribution >= 4 is 17.5 Å². The lowest BCUT2D eigenvalue weighted by molar-refractivity contribution is -0.128. The van der Waals surface area contributed by atoms with Gasteiger partial charge in [-0.15, -0.1) is 6.58 Å². The van der Waals surface area contributed by atoms with Crippen LogP contribution >= 0.6 is 0 Å². The quantitative estimate of drug-likeness (QED) is 0.699. The number of rotatable bonds is 9. The summed E-state index contributed by atoms with van der Waals surface area (Å²) in [5.74, 6) is 1.02. The molecule has 7 nitrogen and oxygen atoms in total. The number of nitrogens with zero attached hydrogens (tertiary/aromatic N) is 1. The molecular weight excluding hydrogens is 312 g/mol. The van der Waals surface area contributed by atoms with Gasteiger partial charge in [0.15, 0.2) is 11.5 Å². The maximum atomic E-state index is 12.1. The van der Waals surface area contributed by atoms with Crippen LogP contribution in [0.1, 0.15) is 13.3 Å². The summed E-state index contributed by atoms with van der Waals surface area (Å²) in [5.41, 5.74) is 0.521. The molecule has 0 heterocycles. The molecule has 0 fully saturated rings. The SMILES string of the molecule is C=CCN(CCC(=O)Nc1cc(OC)c(OC)c(OC)c1)C(C)=O. The molecule has 0 unspecified atom stereocenters. The van der Waals surface area contributed by atoms with Crippen LogP contribution in [0.5, 0.6) is 17.2 Å². The van der Waals surface area contributed by atoms with Crippen LogP contribution in [0.25, 0.3) is 0 Å². The predicted octanol–water partition coefficient (Wildman–Crippen LogP) is 2.08. The highest BCUT2D eigenvalue weighted by molar-refractivity contribution is 5.92. The van der Waals surface area contributed by atoms with Gasteiger partial charge in [-0.25, -0.2) is 0 Å². The Labute approximate surface area is 142 Å². The van der Waals surface area contributed by atoms with Crippen molar-refractivity contribution in [3.63, 3.8) is 0 Å². The third kappa shape index (κ3) is 5.19. The van der Waals surface area contributed by atoms with Crippen LogP contribution in [0.4, 0.5) is 5.69 Å². The highest BCUT2D eigenvalue weighted by Gasteiger charge is 2.15. The van der Waals surface area contributed by atoms with Gasteiger partial charge in [0, 0.05) is 44.3 Å². The van der Waals surface area contributed by atoms with Gasteiger partial charge in [-0.05, 0) is 0 Å². The number of carbonyl (C=O) groups excluding carboxylic acids is 2. The first-order chi connectivity index (χ1) is 11.5. The van der Waals surface area contributed by atoms with Crippen LogP contribution in [-0.4, -0.2) is 51.1 Å². The molecular formula is C17H24N2O5. The van der Waals surface area contributed by atoms with E-state index < -0.39 is 0 Å². The minimum Gasteiger partial charge on any atom is -0.493 e. The Hall–Kier alpha value is -2.70. The molecule has 0 aliphatic carbocycles. The Bertz CT molecular complexity index is 576. The van der Waals surface area contributed by atoms with E-state index in [1.165, 1.54) is 28.3 Å². The summed E-state index contributed by atoms with van der Waals surface area (Å²) in [6.07, 6.45) is 1.79. The topological polar surface area (TPSA) is 77.1 Å². The Balaban J connectivity index is 2.79. The van der Waals surface area contributed by atoms with E-state index in [-0.39, 0.29) is 18.2 Å². The molecule has 1 rings (SSSR count). The van der Waals surface area contributed by atoms with Gasteiger partial charge in [0.1, 0.15) is 0 Å². The minimum absolute atomic E-state index is 0.101. The number of hydrogen-bond donors (Lipinski definition) is 1. The van der Waals surface area contributed by atoms with Crippen molar-refractivity contribution in [2.45, 2.75) is 13.3 Å². The van der Waals surface area contributed by atoms with Crippen molar-refractivity contribution in [1.82, 2.24) is 4.90 Å². The van der Waals surface area contributed by atoms with Crippen LogP contribution in [0.3, 0.4) is 0 Å². The summed E-state index contributed by atoms with van der Waals surface area (Å²) in [5, 5.41) is 2.76. The molecule has 1 aromatic carbocycles. The van der Waals surface area contributed by atoms with Crippen LogP contribution in [-0.2, 0) is 9.59 Å². The number of anilines is 1. The number of benzene rings is 1. The molecule has 132 valence electrons. The van der Waals surface area contributed by atoms with E-state index in [0.717, 1.165) is 0 Å². The van der Waals surface area contributed by atoms with Gasteiger partial charge >= 0.3 is 0 Å². The van der Waals surface area contributed by atoms with Gasteiger partial charge < -0.3 is 24.4 Å². The third-order valence-electron chi connectivity index (χ3n) is 3.35. The maximum absolute atomic E-state index is 12.1. The van der Waals surface area contributed by atoms with Gasteiger partial charge in [-0.3, -0.25) is 9.59 Å². The average Bonchev–Trinajstić information content (AvgIpc) is 2.57. The molecule has 2 amide bonds. The Morgan fingerprint density at radius 1 is 1.17 bits per heavy atom. The van der Waals surface area contributed by atoms with Crippen molar-refractivity contribution in [2.75, 3.05) is 39.7 Å². The second-order valence-corrected chi connectivity index (χ2v) is 4.97. The molecule has 1 N–H and O–H groups in total. The lowest BCUT2D eigenvalue weighted by Gasteiger charge is -2.19. The fourth-order valence-electron chi connectivity index (χ4n) is 2.15. The predicted molar refractivity (Wildman–Crippen MR) is 91.8 cm³/mol. The molecule has 0 aliphatic heterocycles. The van der Waals surface area contributed by atoms with E-state index in [1.54, 1.807) is 23.1 Å². The smallest absolute Gasteiger partial charge is 0.226 e. The molecule has 0 atom stereocenters. The largest absolute Gasteiger partial charge is 0.493 e. The summed E-state index contributed by atoms with van der Waals surface area (Å²) in [6.45, 7) is 5.78. The normalized spacial score (nSPS) is 9.83. The van der Waals surface area contributed by atoms with Crippen LogP contribution < -0.4 is 19.5 Å². The van der Waals surface area contributed by atoms with Crippen molar-refractivity contribution in [2.24, 2.45) is 0 Å². The minimum atomic E-state index is -0.223. The third-order valence-corrected chi connectivity index (χ3v) is 3.35. The number of amides is 2. The molecule has 0 aliphatic rings. The zero-order valence-electron chi connectivity index (χ0n) is 14.5. The van der Waals surface area contributed by atoms with Gasteiger partial charge in [0.2, 0.25) is 17.6 Å². The molecule has 0 spiro atoms. The summed E-state index contributed by atoms with van der Waals surface area (Å²) < 4.78 is 15.7. The number of carbonyl (C=O) groups is 2. The summed E-state index contributed by atoms with van der Waals surface area (Å²) in [4.78, 5) is 25.1. The molecule has 0 radical (unpaired) electrons. The summed E-state index contributed by atoms with van der Waals surface area (Å²) in [7, 11) is 4.51. The van der Waals surface area contributed by atoms with Crippen molar-refractivity contribution in [1.29, 1.82) is 0 Å². The van der Waals surface area contributed by atoms with E-state index in [9.17, 15) is 9.59 Å². The number of methoxy groups -OCH3 is 3. The molecule has 24 heavy (non-hydrogen) atoms. The van der Waals surface area contributed by atoms with E-state index in [4.69, 9.17) is 14.2 Å². The lowest BCUT2D eigenvalue weighted by Crippen LogP contribution is -2.32. The van der Waals surface area contributed by atoms with Crippen LogP contribution in [0.2, 0.25) is 0 Å². The first kappa shape index (κ1) is 19.3. The average molecular weight is 336 g/mol. The zero-order valence-corrected chi connectivity index (χ0v) is 14.5. The Morgan fingerprint density at radius 2 is 1.75 bits per heavy atom. The lowest BCUT2D eigenvalue weighted by atomic mass is 10.2. The maximum Gasteiger partial charge on any atom is 0.226 e. The van der Waals surface area contributed by atoms with E-state index in [2.05, 4.69) is 11.9 Å². The molecule has 0 bridgehead atoms. The number of hydrogen-bond acceptors (Lipinski definition) is 5. The van der Waals surface area contributed by atoms with Gasteiger partial charge in [0.05, 0.1) is 21.3 Å². The van der Waals surface area contributed by atoms with Gasteiger partial charge in [0.25, 0.3) is 0 Å². The van der Waals surface area contributed by atoms with Crippen molar-refractivity contribution < 1.29 is 23.8 Å². The van der Waals surface area contributed by atoms with Gasteiger partial charge in [-0.1, -0.05) is 6.08 Å². The Kier molecular flexibility index (Phi) is 7.61. The first-order valence-electron chi connectivity index (χ1n) is 7.43. The number of nitrogens with one attached hydrogen (secondary N) is 1. The second-order valence-electron chi connectivity index (χ2n) is 4.97. The monoisotopic (exact) mass is 336 g/mol. The highest BCUT2D eigenvalue weighted by Crippen LogP contribution is 2.39. The number of ether oxygens (including phenoxy) is 3. The Morgan fingerprint density at radius 3 is 2.17 bits per heavy atom. The highest BCUT2D eigenvalue weighted by atomic mass is 16.5. The van der Waals surface area contributed by atoms with E-state index in [1.807, 2.05) is 0 Å². The first-order valence-corrected chi connectivity index (χ1v) is 7.43. The van der Waals surface area contributed by atoms with Crippen molar-refractivity contribution in [3.8, 4) is 17.2 Å². The molecule has 1 aromatic rings. The molecule has 0 aromatic heterocycles. The van der Waals surface area contributed by atoms with Crippen LogP contribution in [0, 0.1) is 0 Å². The van der Waals surface area contributed by atoms with Crippen LogP contribution in [0.15, 0.2) is 24.8 Å². The van der Waals surface area contributed by atoms with E-state index >= 15 is 0 Å². The van der Waals surface area contributed by atoms with Crippen molar-refractivity contribution in [3.05, 3.63) is 24.8 Å². The summed E-state index contributed by atoms with van der Waals surface area (Å²) in [6, 6.07) is 3.29. The second kappa shape index (κ2) is 9.44. The zero-order chi connectivity index (χ0) is 18.1. The van der Waals surface area contributed by atoms with Gasteiger partial charge in [-0.2, -0.15) is 0 Å². The molecule has 7 heteroatoms. The standard InChI is InChI=1S/C17H24N2O5/c1-6-8-19(12(2)20)9-7-16(21)18-13-10-14(22-3)17(24-5)15(11-13)23-4/h6,10-11H,1,7-9H2,2-5H3,(H,18,21). The fourth-order valence-corrected chi connectivity index (χ4v) is 2.15. The molecule has 0 saturated heterocycles. The summed E-state index contributed by atoms with van der Waals surface area (Å²) >= 11 is 0. The fraction of sp³-hybridized carbons (Fsp3) is 0.412. The van der Waals surface area contributed by atoms with E-state index in [0.29, 0.717) is 36.0 Å². The molecule has 0 saturated carbocycles.